The second kappa shape index (κ2) is 9.76. The Bertz CT molecular complexity index is 622. The summed E-state index contributed by atoms with van der Waals surface area (Å²) < 4.78 is 2.02. The number of aliphatic imine (C=N–C) groups is 1. The fraction of sp³-hybridized carbons (Fsp3) is 0.700. The molecule has 0 unspecified atom stereocenters. The van der Waals surface area contributed by atoms with E-state index in [2.05, 4.69) is 53.0 Å². The topological polar surface area (TPSA) is 57.5 Å². The molecule has 26 heavy (non-hydrogen) atoms. The van der Waals surface area contributed by atoms with Crippen LogP contribution in [-0.2, 0) is 26.4 Å². The molecule has 2 heterocycles. The summed E-state index contributed by atoms with van der Waals surface area (Å²) in [5, 5.41) is 11.7. The first-order valence-electron chi connectivity index (χ1n) is 9.85. The maximum absolute atomic E-state index is 4.66. The number of hydrogen-bond donors (Lipinski definition) is 2. The van der Waals surface area contributed by atoms with Crippen LogP contribution < -0.4 is 10.6 Å². The average Bonchev–Trinajstić information content (AvgIpc) is 2.94. The molecule has 0 radical (unpaired) electrons. The zero-order chi connectivity index (χ0) is 19.1. The molecule has 146 valence electrons. The van der Waals surface area contributed by atoms with E-state index in [1.165, 1.54) is 22.5 Å². The van der Waals surface area contributed by atoms with E-state index in [1.54, 1.807) is 0 Å². The number of rotatable bonds is 7. The molecule has 0 bridgehead atoms. The third-order valence-electron chi connectivity index (χ3n) is 5.11. The molecular weight excluding hydrogens is 324 g/mol. The zero-order valence-corrected chi connectivity index (χ0v) is 17.2. The Labute approximate surface area is 158 Å². The van der Waals surface area contributed by atoms with E-state index in [0.717, 1.165) is 57.8 Å². The predicted octanol–water partition coefficient (Wildman–Crippen LogP) is 2.25. The van der Waals surface area contributed by atoms with Gasteiger partial charge in [-0.15, -0.1) is 0 Å². The monoisotopic (exact) mass is 360 g/mol. The average molecular weight is 361 g/mol. The van der Waals surface area contributed by atoms with Gasteiger partial charge in [0.05, 0.1) is 5.69 Å². The summed E-state index contributed by atoms with van der Waals surface area (Å²) in [6.07, 6.45) is 4.23. The summed E-state index contributed by atoms with van der Waals surface area (Å²) in [5.74, 6) is 0.885. The highest BCUT2D eigenvalue weighted by molar-refractivity contribution is 5.80. The van der Waals surface area contributed by atoms with Crippen LogP contribution in [0.2, 0.25) is 0 Å². The van der Waals surface area contributed by atoms with E-state index in [9.17, 15) is 0 Å². The normalized spacial score (nSPS) is 16.7. The Balaban J connectivity index is 1.89. The number of nitrogens with one attached hydrogen (secondary N) is 2. The molecule has 1 fully saturated rings. The number of piperidine rings is 1. The van der Waals surface area contributed by atoms with E-state index in [0.29, 0.717) is 6.04 Å². The van der Waals surface area contributed by atoms with E-state index in [-0.39, 0.29) is 0 Å². The van der Waals surface area contributed by atoms with Crippen molar-refractivity contribution >= 4 is 5.96 Å². The number of nitrogens with zero attached hydrogens (tertiary/aromatic N) is 4. The minimum absolute atomic E-state index is 0.479. The molecule has 2 N–H and O–H groups in total. The summed E-state index contributed by atoms with van der Waals surface area (Å²) in [5.41, 5.74) is 5.04. The fourth-order valence-corrected chi connectivity index (χ4v) is 3.77. The summed E-state index contributed by atoms with van der Waals surface area (Å²) >= 11 is 0. The van der Waals surface area contributed by atoms with E-state index in [4.69, 9.17) is 0 Å². The number of aromatic nitrogens is 2. The smallest absolute Gasteiger partial charge is 0.191 e. The molecule has 0 aliphatic carbocycles. The first-order valence-corrected chi connectivity index (χ1v) is 9.85. The molecule has 0 amide bonds. The van der Waals surface area contributed by atoms with Gasteiger partial charge in [0, 0.05) is 57.6 Å². The largest absolute Gasteiger partial charge is 0.354 e. The maximum Gasteiger partial charge on any atom is 0.191 e. The van der Waals surface area contributed by atoms with Gasteiger partial charge in [0.15, 0.2) is 5.96 Å². The molecule has 1 aliphatic heterocycles. The SMILES string of the molecule is C=C(C)CN1CCC(NC(=NC)NCc2c(CC)nn(C)c2CC)CC1. The van der Waals surface area contributed by atoms with Crippen molar-refractivity contribution in [2.45, 2.75) is 59.0 Å². The fourth-order valence-electron chi connectivity index (χ4n) is 3.77. The van der Waals surface area contributed by atoms with Crippen LogP contribution in [0.5, 0.6) is 0 Å². The van der Waals surface area contributed by atoms with Gasteiger partial charge in [-0.2, -0.15) is 5.10 Å². The summed E-state index contributed by atoms with van der Waals surface area (Å²) in [6, 6.07) is 0.479. The van der Waals surface area contributed by atoms with Crippen LogP contribution in [-0.4, -0.2) is 53.4 Å². The summed E-state index contributed by atoms with van der Waals surface area (Å²) in [7, 11) is 3.88. The summed E-state index contributed by atoms with van der Waals surface area (Å²) in [4.78, 5) is 6.90. The number of hydrogen-bond acceptors (Lipinski definition) is 3. The highest BCUT2D eigenvalue weighted by Gasteiger charge is 2.20. The number of guanidine groups is 1. The van der Waals surface area contributed by atoms with Gasteiger partial charge in [-0.05, 0) is 32.6 Å². The van der Waals surface area contributed by atoms with Crippen molar-refractivity contribution in [2.24, 2.45) is 12.0 Å². The predicted molar refractivity (Wildman–Crippen MR) is 110 cm³/mol. The molecule has 1 aromatic rings. The molecule has 1 saturated heterocycles. The lowest BCUT2D eigenvalue weighted by molar-refractivity contribution is 0.221. The lowest BCUT2D eigenvalue weighted by atomic mass is 10.0. The molecule has 6 nitrogen and oxygen atoms in total. The van der Waals surface area contributed by atoms with Crippen LogP contribution in [0, 0.1) is 0 Å². The van der Waals surface area contributed by atoms with Gasteiger partial charge in [-0.3, -0.25) is 14.6 Å². The van der Waals surface area contributed by atoms with Crippen molar-refractivity contribution in [3.05, 3.63) is 29.1 Å². The molecule has 0 aromatic carbocycles. The van der Waals surface area contributed by atoms with Crippen molar-refractivity contribution in [3.63, 3.8) is 0 Å². The van der Waals surface area contributed by atoms with Gasteiger partial charge in [0.25, 0.3) is 0 Å². The van der Waals surface area contributed by atoms with Gasteiger partial charge in [0.2, 0.25) is 0 Å². The lowest BCUT2D eigenvalue weighted by Gasteiger charge is -2.33. The molecule has 0 saturated carbocycles. The molecule has 0 atom stereocenters. The standard InChI is InChI=1S/C20H36N6/c1-7-18-17(19(8-2)25(6)24-18)13-22-20(21-5)23-16-9-11-26(12-10-16)14-15(3)4/h16H,3,7-14H2,1-2,4-6H3,(H2,21,22,23). The Morgan fingerprint density at radius 1 is 1.27 bits per heavy atom. The van der Waals surface area contributed by atoms with E-state index < -0.39 is 0 Å². The van der Waals surface area contributed by atoms with Gasteiger partial charge in [-0.25, -0.2) is 0 Å². The maximum atomic E-state index is 4.66. The minimum atomic E-state index is 0.479. The molecular formula is C20H36N6. The lowest BCUT2D eigenvalue weighted by Crippen LogP contribution is -2.48. The zero-order valence-electron chi connectivity index (χ0n) is 17.2. The van der Waals surface area contributed by atoms with Crippen LogP contribution in [0.25, 0.3) is 0 Å². The van der Waals surface area contributed by atoms with Crippen LogP contribution in [0.3, 0.4) is 0 Å². The Morgan fingerprint density at radius 3 is 2.50 bits per heavy atom. The molecule has 1 aromatic heterocycles. The van der Waals surface area contributed by atoms with Crippen LogP contribution in [0.4, 0.5) is 0 Å². The molecule has 0 spiro atoms. The summed E-state index contributed by atoms with van der Waals surface area (Å²) in [6.45, 7) is 14.5. The van der Waals surface area contributed by atoms with Gasteiger partial charge >= 0.3 is 0 Å². The van der Waals surface area contributed by atoms with E-state index >= 15 is 0 Å². The quantitative estimate of drug-likeness (QED) is 0.445. The second-order valence-corrected chi connectivity index (χ2v) is 7.28. The van der Waals surface area contributed by atoms with Gasteiger partial charge < -0.3 is 10.6 Å². The van der Waals surface area contributed by atoms with Crippen molar-refractivity contribution in [3.8, 4) is 0 Å². The van der Waals surface area contributed by atoms with Crippen molar-refractivity contribution in [2.75, 3.05) is 26.7 Å². The molecule has 6 heteroatoms. The molecule has 2 rings (SSSR count). The Kier molecular flexibility index (Phi) is 7.69. The number of aryl methyl sites for hydroxylation is 2. The van der Waals surface area contributed by atoms with Crippen molar-refractivity contribution in [1.29, 1.82) is 0 Å². The van der Waals surface area contributed by atoms with Crippen LogP contribution in [0.15, 0.2) is 17.1 Å². The molecule has 1 aliphatic rings. The third-order valence-corrected chi connectivity index (χ3v) is 5.11. The van der Waals surface area contributed by atoms with Gasteiger partial charge in [-0.1, -0.05) is 26.0 Å². The first-order chi connectivity index (χ1) is 12.5. The second-order valence-electron chi connectivity index (χ2n) is 7.28. The highest BCUT2D eigenvalue weighted by atomic mass is 15.3. The number of likely N-dealkylation sites (tertiary alicyclic amines) is 1. The minimum Gasteiger partial charge on any atom is -0.354 e. The van der Waals surface area contributed by atoms with Crippen LogP contribution in [0.1, 0.15) is 50.6 Å². The first kappa shape index (κ1) is 20.5. The third kappa shape index (κ3) is 5.34. The highest BCUT2D eigenvalue weighted by Crippen LogP contribution is 2.15. The van der Waals surface area contributed by atoms with Crippen molar-refractivity contribution < 1.29 is 0 Å². The van der Waals surface area contributed by atoms with E-state index in [1.807, 2.05) is 18.8 Å². The van der Waals surface area contributed by atoms with Crippen molar-refractivity contribution in [1.82, 2.24) is 25.3 Å². The Hall–Kier alpha value is -1.82. The van der Waals surface area contributed by atoms with Gasteiger partial charge in [0.1, 0.15) is 0 Å². The van der Waals surface area contributed by atoms with Crippen LogP contribution >= 0.6 is 0 Å². The Morgan fingerprint density at radius 2 is 1.96 bits per heavy atom.